The average molecular weight is 579 g/mol. The number of phenolic OH excluding ortho intramolecular Hbond substituents is 1. The first-order valence-corrected chi connectivity index (χ1v) is 13.5. The van der Waals surface area contributed by atoms with Gasteiger partial charge in [-0.25, -0.2) is 4.98 Å². The second kappa shape index (κ2) is 10.7. The molecule has 180 valence electrons. The fourth-order valence-electron chi connectivity index (χ4n) is 3.63. The molecule has 2 heterocycles. The van der Waals surface area contributed by atoms with Gasteiger partial charge in [-0.3, -0.25) is 9.36 Å². The highest BCUT2D eigenvalue weighted by Gasteiger charge is 2.20. The van der Waals surface area contributed by atoms with E-state index < -0.39 is 0 Å². The second-order valence-electron chi connectivity index (χ2n) is 7.77. The highest BCUT2D eigenvalue weighted by atomic mass is 79.9. The Hall–Kier alpha value is -3.47. The van der Waals surface area contributed by atoms with E-state index >= 15 is 0 Å². The summed E-state index contributed by atoms with van der Waals surface area (Å²) in [5.74, 6) is 0.494. The number of carbonyl (C=O) groups is 1. The van der Waals surface area contributed by atoms with Crippen molar-refractivity contribution >= 4 is 50.1 Å². The molecule has 2 aromatic heterocycles. The summed E-state index contributed by atoms with van der Waals surface area (Å²) in [5, 5.41) is 23.1. The molecule has 0 aliphatic rings. The Balaban J connectivity index is 1.37. The largest absolute Gasteiger partial charge is 0.507 e. The third kappa shape index (κ3) is 5.20. The molecule has 0 atom stereocenters. The minimum absolute atomic E-state index is 0.0884. The van der Waals surface area contributed by atoms with Gasteiger partial charge in [0.1, 0.15) is 5.75 Å². The van der Waals surface area contributed by atoms with E-state index in [0.717, 1.165) is 26.3 Å². The number of aromatic hydroxyl groups is 1. The Morgan fingerprint density at radius 3 is 2.53 bits per heavy atom. The lowest BCUT2D eigenvalue weighted by Gasteiger charge is -2.11. The molecule has 0 bridgehead atoms. The van der Waals surface area contributed by atoms with Gasteiger partial charge in [-0.15, -0.1) is 21.5 Å². The van der Waals surface area contributed by atoms with Gasteiger partial charge in [0, 0.05) is 20.6 Å². The van der Waals surface area contributed by atoms with Crippen molar-refractivity contribution in [2.75, 3.05) is 11.1 Å². The topological polar surface area (TPSA) is 92.9 Å². The van der Waals surface area contributed by atoms with E-state index in [2.05, 4.69) is 36.4 Å². The summed E-state index contributed by atoms with van der Waals surface area (Å²) in [5.41, 5.74) is 3.23. The van der Waals surface area contributed by atoms with Crippen molar-refractivity contribution in [3.8, 4) is 34.1 Å². The van der Waals surface area contributed by atoms with Crippen LogP contribution in [0.2, 0.25) is 0 Å². The predicted octanol–water partition coefficient (Wildman–Crippen LogP) is 6.57. The molecule has 0 aliphatic heterocycles. The first kappa shape index (κ1) is 24.2. The molecule has 10 heteroatoms. The zero-order chi connectivity index (χ0) is 25.1. The van der Waals surface area contributed by atoms with E-state index in [9.17, 15) is 9.90 Å². The zero-order valence-electron chi connectivity index (χ0n) is 19.1. The highest BCUT2D eigenvalue weighted by Crippen LogP contribution is 2.35. The normalized spacial score (nSPS) is 10.9. The lowest BCUT2D eigenvalue weighted by Crippen LogP contribution is -2.14. The van der Waals surface area contributed by atoms with Crippen LogP contribution in [0.25, 0.3) is 28.3 Å². The standard InChI is InChI=1S/C26H20BrN5O2S2/c1-16-23(17-8-4-2-5-9-17)29-25(36-16)28-22(34)15-35-26-31-30-24(20-14-18(27)12-13-21(20)33)32(26)19-10-6-3-7-11-19/h2-14,33H,15H2,1H3,(H,28,29,34). The molecule has 3 aromatic carbocycles. The molecule has 0 aliphatic carbocycles. The van der Waals surface area contributed by atoms with Crippen molar-refractivity contribution in [2.45, 2.75) is 12.1 Å². The molecule has 0 saturated heterocycles. The Morgan fingerprint density at radius 1 is 1.06 bits per heavy atom. The lowest BCUT2D eigenvalue weighted by atomic mass is 10.1. The first-order valence-electron chi connectivity index (χ1n) is 10.9. The van der Waals surface area contributed by atoms with Crippen molar-refractivity contribution in [1.29, 1.82) is 0 Å². The number of thioether (sulfide) groups is 1. The molecular formula is C26H20BrN5O2S2. The van der Waals surface area contributed by atoms with Gasteiger partial charge in [0.15, 0.2) is 16.1 Å². The Morgan fingerprint density at radius 2 is 1.78 bits per heavy atom. The average Bonchev–Trinajstić information content (AvgIpc) is 3.48. The molecule has 2 N–H and O–H groups in total. The van der Waals surface area contributed by atoms with Gasteiger partial charge in [0.05, 0.1) is 17.0 Å². The number of aryl methyl sites for hydroxylation is 1. The fourth-order valence-corrected chi connectivity index (χ4v) is 5.60. The predicted molar refractivity (Wildman–Crippen MR) is 148 cm³/mol. The maximum Gasteiger partial charge on any atom is 0.236 e. The van der Waals surface area contributed by atoms with Crippen LogP contribution in [0.15, 0.2) is 88.5 Å². The molecule has 0 saturated carbocycles. The molecule has 0 fully saturated rings. The second-order valence-corrected chi connectivity index (χ2v) is 10.8. The van der Waals surface area contributed by atoms with Crippen LogP contribution in [-0.4, -0.2) is 36.5 Å². The van der Waals surface area contributed by atoms with E-state index in [4.69, 9.17) is 0 Å². The van der Waals surface area contributed by atoms with Gasteiger partial charge in [-0.05, 0) is 37.3 Å². The van der Waals surface area contributed by atoms with Gasteiger partial charge in [0.25, 0.3) is 0 Å². The number of rotatable bonds is 7. The Kier molecular flexibility index (Phi) is 7.17. The Labute approximate surface area is 224 Å². The molecule has 36 heavy (non-hydrogen) atoms. The number of halogens is 1. The van der Waals surface area contributed by atoms with Crippen LogP contribution in [0, 0.1) is 6.92 Å². The van der Waals surface area contributed by atoms with Crippen molar-refractivity contribution in [1.82, 2.24) is 19.7 Å². The number of aromatic nitrogens is 4. The molecule has 0 unspecified atom stereocenters. The third-order valence-electron chi connectivity index (χ3n) is 5.27. The van der Waals surface area contributed by atoms with Crippen molar-refractivity contribution in [3.05, 3.63) is 88.2 Å². The van der Waals surface area contributed by atoms with E-state index in [1.54, 1.807) is 18.2 Å². The molecule has 5 rings (SSSR count). The maximum atomic E-state index is 12.8. The smallest absolute Gasteiger partial charge is 0.236 e. The number of anilines is 1. The number of para-hydroxylation sites is 1. The summed E-state index contributed by atoms with van der Waals surface area (Å²) < 4.78 is 2.64. The number of hydrogen-bond acceptors (Lipinski definition) is 7. The van der Waals surface area contributed by atoms with Gasteiger partial charge in [0.2, 0.25) is 5.91 Å². The third-order valence-corrected chi connectivity index (χ3v) is 7.58. The number of phenols is 1. The number of benzene rings is 3. The summed E-state index contributed by atoms with van der Waals surface area (Å²) >= 11 is 6.16. The molecule has 7 nitrogen and oxygen atoms in total. The molecule has 0 spiro atoms. The summed E-state index contributed by atoms with van der Waals surface area (Å²) in [7, 11) is 0. The number of nitrogens with zero attached hydrogens (tertiary/aromatic N) is 4. The van der Waals surface area contributed by atoms with Gasteiger partial charge in [-0.1, -0.05) is 76.2 Å². The molecule has 0 radical (unpaired) electrons. The summed E-state index contributed by atoms with van der Waals surface area (Å²) in [4.78, 5) is 18.4. The fraction of sp³-hybridized carbons (Fsp3) is 0.0769. The van der Waals surface area contributed by atoms with Gasteiger partial charge in [-0.2, -0.15) is 0 Å². The number of nitrogens with one attached hydrogen (secondary N) is 1. The van der Waals surface area contributed by atoms with E-state index in [0.29, 0.717) is 21.7 Å². The number of amides is 1. The SMILES string of the molecule is Cc1sc(NC(=O)CSc2nnc(-c3cc(Br)ccc3O)n2-c2ccccc2)nc1-c1ccccc1. The minimum Gasteiger partial charge on any atom is -0.507 e. The van der Waals surface area contributed by atoms with E-state index in [-0.39, 0.29) is 17.4 Å². The van der Waals surface area contributed by atoms with Gasteiger partial charge >= 0.3 is 0 Å². The molecule has 5 aromatic rings. The van der Waals surface area contributed by atoms with Crippen LogP contribution in [-0.2, 0) is 4.79 Å². The van der Waals surface area contributed by atoms with Crippen molar-refractivity contribution in [2.24, 2.45) is 0 Å². The maximum absolute atomic E-state index is 12.8. The molecular weight excluding hydrogens is 558 g/mol. The number of hydrogen-bond donors (Lipinski definition) is 2. The number of carbonyl (C=O) groups excluding carboxylic acids is 1. The van der Waals surface area contributed by atoms with Crippen LogP contribution in [0.1, 0.15) is 4.88 Å². The van der Waals surface area contributed by atoms with E-state index in [1.807, 2.05) is 72.2 Å². The summed E-state index contributed by atoms with van der Waals surface area (Å²) in [6, 6.07) is 24.6. The van der Waals surface area contributed by atoms with Crippen LogP contribution in [0.3, 0.4) is 0 Å². The Bertz CT molecular complexity index is 1520. The quantitative estimate of drug-likeness (QED) is 0.213. The highest BCUT2D eigenvalue weighted by molar-refractivity contribution is 9.10. The van der Waals surface area contributed by atoms with Crippen LogP contribution >= 0.6 is 39.0 Å². The first-order chi connectivity index (χ1) is 17.5. The van der Waals surface area contributed by atoms with Gasteiger partial charge < -0.3 is 10.4 Å². The lowest BCUT2D eigenvalue weighted by molar-refractivity contribution is -0.113. The van der Waals surface area contributed by atoms with Crippen LogP contribution in [0.4, 0.5) is 5.13 Å². The summed E-state index contributed by atoms with van der Waals surface area (Å²) in [6.45, 7) is 1.99. The number of thiazole rings is 1. The monoisotopic (exact) mass is 577 g/mol. The minimum atomic E-state index is -0.192. The van der Waals surface area contributed by atoms with Crippen LogP contribution < -0.4 is 5.32 Å². The van der Waals surface area contributed by atoms with Crippen LogP contribution in [0.5, 0.6) is 5.75 Å². The molecule has 1 amide bonds. The zero-order valence-corrected chi connectivity index (χ0v) is 22.3. The van der Waals surface area contributed by atoms with Crippen molar-refractivity contribution in [3.63, 3.8) is 0 Å². The van der Waals surface area contributed by atoms with E-state index in [1.165, 1.54) is 23.1 Å². The van der Waals surface area contributed by atoms with Crippen molar-refractivity contribution < 1.29 is 9.90 Å². The summed E-state index contributed by atoms with van der Waals surface area (Å²) in [6.07, 6.45) is 0.